The molecule has 26 heavy (non-hydrogen) atoms. The first-order valence-electron chi connectivity index (χ1n) is 7.98. The largest absolute Gasteiger partial charge is 0.370 e. The second kappa shape index (κ2) is 5.63. The number of nitrogens with two attached hydrogens (primary N) is 1. The van der Waals surface area contributed by atoms with Gasteiger partial charge in [0.05, 0.1) is 16.7 Å². The molecule has 0 amide bonds. The molecular weight excluding hydrogens is 351 g/mol. The van der Waals surface area contributed by atoms with E-state index < -0.39 is 6.17 Å². The SMILES string of the molecule is NC1=N[C@H](c2csc(-c3ccc(F)cc3)n2)n2c(nc3ccccc32)N1. The van der Waals surface area contributed by atoms with Gasteiger partial charge >= 0.3 is 0 Å². The van der Waals surface area contributed by atoms with E-state index in [-0.39, 0.29) is 5.82 Å². The summed E-state index contributed by atoms with van der Waals surface area (Å²) in [6.07, 6.45) is -0.399. The number of guanidine groups is 1. The molecule has 0 fully saturated rings. The Morgan fingerprint density at radius 1 is 1.08 bits per heavy atom. The Balaban J connectivity index is 1.62. The van der Waals surface area contributed by atoms with Crippen LogP contribution in [0.15, 0.2) is 58.9 Å². The van der Waals surface area contributed by atoms with Crippen molar-refractivity contribution >= 4 is 34.3 Å². The Hall–Kier alpha value is -3.26. The normalized spacial score (nSPS) is 16.2. The van der Waals surface area contributed by atoms with Gasteiger partial charge in [-0.3, -0.25) is 9.88 Å². The monoisotopic (exact) mass is 364 g/mol. The van der Waals surface area contributed by atoms with Crippen molar-refractivity contribution in [2.75, 3.05) is 5.32 Å². The number of hydrogen-bond acceptors (Lipinski definition) is 6. The second-order valence-corrected chi connectivity index (χ2v) is 6.75. The van der Waals surface area contributed by atoms with Crippen LogP contribution in [0.2, 0.25) is 0 Å². The van der Waals surface area contributed by atoms with E-state index >= 15 is 0 Å². The van der Waals surface area contributed by atoms with Crippen LogP contribution in [0.4, 0.5) is 10.3 Å². The molecule has 2 aromatic carbocycles. The summed E-state index contributed by atoms with van der Waals surface area (Å²) in [6.45, 7) is 0. The maximum Gasteiger partial charge on any atom is 0.212 e. The predicted octanol–water partition coefficient (Wildman–Crippen LogP) is 3.59. The van der Waals surface area contributed by atoms with E-state index in [9.17, 15) is 4.39 Å². The molecule has 0 spiro atoms. The van der Waals surface area contributed by atoms with Gasteiger partial charge in [0.15, 0.2) is 12.1 Å². The molecule has 6 nitrogen and oxygen atoms in total. The van der Waals surface area contributed by atoms with Gasteiger partial charge in [0.1, 0.15) is 10.8 Å². The fourth-order valence-electron chi connectivity index (χ4n) is 3.04. The van der Waals surface area contributed by atoms with Crippen LogP contribution in [0.1, 0.15) is 11.9 Å². The average Bonchev–Trinajstić information content (AvgIpc) is 3.26. The summed E-state index contributed by atoms with van der Waals surface area (Å²) in [5, 5.41) is 5.76. The van der Waals surface area contributed by atoms with Gasteiger partial charge in [-0.25, -0.2) is 19.4 Å². The maximum absolute atomic E-state index is 13.2. The molecule has 0 unspecified atom stereocenters. The summed E-state index contributed by atoms with van der Waals surface area (Å²) in [6, 6.07) is 14.1. The van der Waals surface area contributed by atoms with Gasteiger partial charge in [0, 0.05) is 10.9 Å². The number of nitrogens with zero attached hydrogens (tertiary/aromatic N) is 4. The van der Waals surface area contributed by atoms with Crippen molar-refractivity contribution in [3.8, 4) is 10.6 Å². The summed E-state index contributed by atoms with van der Waals surface area (Å²) < 4.78 is 15.1. The highest BCUT2D eigenvalue weighted by atomic mass is 32.1. The smallest absolute Gasteiger partial charge is 0.212 e. The molecule has 5 rings (SSSR count). The lowest BCUT2D eigenvalue weighted by Crippen LogP contribution is -2.31. The fraction of sp³-hybridized carbons (Fsp3) is 0.0556. The summed E-state index contributed by atoms with van der Waals surface area (Å²) in [7, 11) is 0. The predicted molar refractivity (Wildman–Crippen MR) is 101 cm³/mol. The number of thiazole rings is 1. The van der Waals surface area contributed by atoms with E-state index in [4.69, 9.17) is 10.7 Å². The lowest BCUT2D eigenvalue weighted by atomic mass is 10.2. The first-order chi connectivity index (χ1) is 12.7. The summed E-state index contributed by atoms with van der Waals surface area (Å²) >= 11 is 1.49. The van der Waals surface area contributed by atoms with Crippen molar-refractivity contribution in [3.63, 3.8) is 0 Å². The van der Waals surface area contributed by atoms with Gasteiger partial charge in [-0.05, 0) is 36.4 Å². The molecule has 0 saturated carbocycles. The first kappa shape index (κ1) is 15.0. The number of hydrogen-bond donors (Lipinski definition) is 2. The molecule has 3 heterocycles. The van der Waals surface area contributed by atoms with E-state index in [1.165, 1.54) is 23.5 Å². The summed E-state index contributed by atoms with van der Waals surface area (Å²) in [4.78, 5) is 13.8. The van der Waals surface area contributed by atoms with E-state index in [0.717, 1.165) is 27.3 Å². The third kappa shape index (κ3) is 2.34. The summed E-state index contributed by atoms with van der Waals surface area (Å²) in [5.74, 6) is 0.671. The Kier molecular flexibility index (Phi) is 3.26. The molecule has 4 aromatic rings. The van der Waals surface area contributed by atoms with Crippen LogP contribution in [0.25, 0.3) is 21.6 Å². The number of fused-ring (bicyclic) bond motifs is 3. The van der Waals surface area contributed by atoms with Gasteiger partial charge in [0.25, 0.3) is 0 Å². The molecule has 0 aliphatic carbocycles. The van der Waals surface area contributed by atoms with Crippen LogP contribution < -0.4 is 11.1 Å². The number of imidazole rings is 1. The second-order valence-electron chi connectivity index (χ2n) is 5.89. The third-order valence-electron chi connectivity index (χ3n) is 4.22. The number of aliphatic imine (C=N–C) groups is 1. The number of halogens is 1. The minimum Gasteiger partial charge on any atom is -0.370 e. The van der Waals surface area contributed by atoms with E-state index in [1.807, 2.05) is 34.2 Å². The molecule has 0 radical (unpaired) electrons. The lowest BCUT2D eigenvalue weighted by Gasteiger charge is -2.22. The maximum atomic E-state index is 13.2. The van der Waals surface area contributed by atoms with Gasteiger partial charge in [-0.15, -0.1) is 11.3 Å². The van der Waals surface area contributed by atoms with Crippen LogP contribution in [0.3, 0.4) is 0 Å². The highest BCUT2D eigenvalue weighted by molar-refractivity contribution is 7.13. The van der Waals surface area contributed by atoms with Crippen molar-refractivity contribution in [1.82, 2.24) is 14.5 Å². The van der Waals surface area contributed by atoms with Gasteiger partial charge in [-0.1, -0.05) is 12.1 Å². The number of rotatable bonds is 2. The van der Waals surface area contributed by atoms with Crippen molar-refractivity contribution < 1.29 is 4.39 Å². The number of benzene rings is 2. The van der Waals surface area contributed by atoms with E-state index in [1.54, 1.807) is 12.1 Å². The Bertz CT molecular complexity index is 1140. The van der Waals surface area contributed by atoms with Crippen molar-refractivity contribution in [1.29, 1.82) is 0 Å². The number of anilines is 1. The first-order valence-corrected chi connectivity index (χ1v) is 8.85. The Morgan fingerprint density at radius 3 is 2.73 bits per heavy atom. The highest BCUT2D eigenvalue weighted by Crippen LogP contribution is 2.34. The van der Waals surface area contributed by atoms with Crippen molar-refractivity contribution in [2.45, 2.75) is 6.17 Å². The minimum atomic E-state index is -0.399. The molecule has 128 valence electrons. The molecular formula is C18H13FN6S. The topological polar surface area (TPSA) is 81.1 Å². The highest BCUT2D eigenvalue weighted by Gasteiger charge is 2.26. The minimum absolute atomic E-state index is 0.268. The quantitative estimate of drug-likeness (QED) is 0.570. The van der Waals surface area contributed by atoms with Crippen LogP contribution in [-0.2, 0) is 0 Å². The van der Waals surface area contributed by atoms with Crippen molar-refractivity contribution in [3.05, 3.63) is 65.4 Å². The zero-order chi connectivity index (χ0) is 17.7. The Labute approximate surface area is 151 Å². The van der Waals surface area contributed by atoms with Crippen LogP contribution >= 0.6 is 11.3 Å². The van der Waals surface area contributed by atoms with Gasteiger partial charge in [-0.2, -0.15) is 0 Å². The molecule has 0 bridgehead atoms. The van der Waals surface area contributed by atoms with Crippen molar-refractivity contribution in [2.24, 2.45) is 10.7 Å². The Morgan fingerprint density at radius 2 is 1.88 bits per heavy atom. The molecule has 1 aliphatic heterocycles. The molecule has 0 saturated heterocycles. The lowest BCUT2D eigenvalue weighted by molar-refractivity contribution is 0.612. The van der Waals surface area contributed by atoms with E-state index in [0.29, 0.717) is 11.9 Å². The van der Waals surface area contributed by atoms with Crippen LogP contribution in [0.5, 0.6) is 0 Å². The number of nitrogens with one attached hydrogen (secondary N) is 1. The summed E-state index contributed by atoms with van der Waals surface area (Å²) in [5.41, 5.74) is 9.40. The van der Waals surface area contributed by atoms with Gasteiger partial charge < -0.3 is 5.73 Å². The molecule has 3 N–H and O–H groups in total. The standard InChI is InChI=1S/C18H13FN6S/c19-11-7-5-10(6-8-11)16-21-13(9-26-16)15-23-17(20)24-18-22-12-3-1-2-4-14(12)25(15)18/h1-9,15H,(H3,20,22,23,24)/t15-/m0/s1. The van der Waals surface area contributed by atoms with Gasteiger partial charge in [0.2, 0.25) is 5.95 Å². The number of aromatic nitrogens is 3. The molecule has 2 aromatic heterocycles. The zero-order valence-corrected chi connectivity index (χ0v) is 14.2. The molecule has 8 heteroatoms. The number of para-hydroxylation sites is 2. The zero-order valence-electron chi connectivity index (χ0n) is 13.4. The average molecular weight is 364 g/mol. The van der Waals surface area contributed by atoms with Crippen LogP contribution in [0, 0.1) is 5.82 Å². The molecule has 1 atom stereocenters. The van der Waals surface area contributed by atoms with Crippen LogP contribution in [-0.4, -0.2) is 20.5 Å². The third-order valence-corrected chi connectivity index (χ3v) is 5.13. The molecule has 1 aliphatic rings. The fourth-order valence-corrected chi connectivity index (χ4v) is 3.88. The van der Waals surface area contributed by atoms with E-state index in [2.05, 4.69) is 15.3 Å².